The Kier molecular flexibility index (Phi) is 7.68. The molecule has 2 rings (SSSR count). The first-order chi connectivity index (χ1) is 14.3. The van der Waals surface area contributed by atoms with Gasteiger partial charge in [-0.05, 0) is 20.8 Å². The number of hydrogen-bond donors (Lipinski definition) is 2. The summed E-state index contributed by atoms with van der Waals surface area (Å²) in [6.07, 6.45) is -0.577. The molecule has 3 amide bonds. The van der Waals surface area contributed by atoms with Crippen molar-refractivity contribution in [1.29, 1.82) is 0 Å². The van der Waals surface area contributed by atoms with Gasteiger partial charge < -0.3 is 20.7 Å². The van der Waals surface area contributed by atoms with E-state index in [4.69, 9.17) is 33.7 Å². The van der Waals surface area contributed by atoms with E-state index >= 15 is 0 Å². The number of non-ortho nitro benzene ring substituents is 1. The van der Waals surface area contributed by atoms with Gasteiger partial charge in [0.25, 0.3) is 5.69 Å². The molecule has 0 aromatic heterocycles. The Morgan fingerprint density at radius 2 is 1.84 bits per heavy atom. The van der Waals surface area contributed by atoms with Crippen molar-refractivity contribution < 1.29 is 24.0 Å². The van der Waals surface area contributed by atoms with Gasteiger partial charge in [0.1, 0.15) is 11.6 Å². The second-order valence-corrected chi connectivity index (χ2v) is 8.72. The summed E-state index contributed by atoms with van der Waals surface area (Å²) in [7, 11) is 0. The van der Waals surface area contributed by atoms with Crippen LogP contribution in [0.25, 0.3) is 0 Å². The minimum Gasteiger partial charge on any atom is -0.444 e. The molecule has 1 aliphatic heterocycles. The number of nitrogens with two attached hydrogens (primary N) is 1. The van der Waals surface area contributed by atoms with Crippen molar-refractivity contribution in [2.75, 3.05) is 31.5 Å². The van der Waals surface area contributed by atoms with Gasteiger partial charge in [-0.1, -0.05) is 23.2 Å². The molecule has 1 aromatic rings. The molecule has 1 atom stereocenters. The maximum absolute atomic E-state index is 12.5. The summed E-state index contributed by atoms with van der Waals surface area (Å²) in [6, 6.07) is 1.22. The number of primary amides is 1. The van der Waals surface area contributed by atoms with Gasteiger partial charge in [0.05, 0.1) is 27.2 Å². The van der Waals surface area contributed by atoms with Crippen molar-refractivity contribution in [3.63, 3.8) is 0 Å². The van der Waals surface area contributed by atoms with E-state index in [1.165, 1.54) is 9.80 Å². The van der Waals surface area contributed by atoms with Crippen molar-refractivity contribution >= 4 is 52.5 Å². The minimum atomic E-state index is -0.908. The Labute approximate surface area is 188 Å². The molecule has 0 spiro atoms. The minimum absolute atomic E-state index is 0.0157. The van der Waals surface area contributed by atoms with Crippen LogP contribution < -0.4 is 11.1 Å². The van der Waals surface area contributed by atoms with Gasteiger partial charge in [0.2, 0.25) is 11.8 Å². The van der Waals surface area contributed by atoms with Crippen LogP contribution >= 0.6 is 23.2 Å². The van der Waals surface area contributed by atoms with Crippen LogP contribution in [0.15, 0.2) is 12.1 Å². The molecule has 13 heteroatoms. The lowest BCUT2D eigenvalue weighted by Gasteiger charge is -2.39. The lowest BCUT2D eigenvalue weighted by molar-refractivity contribution is -0.384. The number of hydrogen-bond acceptors (Lipinski definition) is 7. The molecule has 1 aromatic carbocycles. The average molecular weight is 476 g/mol. The number of carbonyl (C=O) groups is 3. The lowest BCUT2D eigenvalue weighted by Crippen LogP contribution is -2.60. The number of anilines is 1. The predicted molar refractivity (Wildman–Crippen MR) is 114 cm³/mol. The number of halogens is 2. The number of nitro groups is 1. The van der Waals surface area contributed by atoms with Crippen molar-refractivity contribution in [3.05, 3.63) is 32.3 Å². The smallest absolute Gasteiger partial charge is 0.410 e. The zero-order valence-electron chi connectivity index (χ0n) is 17.2. The van der Waals surface area contributed by atoms with Gasteiger partial charge in [-0.15, -0.1) is 0 Å². The van der Waals surface area contributed by atoms with Crippen molar-refractivity contribution in [3.8, 4) is 0 Å². The van der Waals surface area contributed by atoms with Gasteiger partial charge >= 0.3 is 6.09 Å². The monoisotopic (exact) mass is 475 g/mol. The van der Waals surface area contributed by atoms with Crippen LogP contribution in [-0.2, 0) is 14.3 Å². The maximum Gasteiger partial charge on any atom is 0.410 e. The van der Waals surface area contributed by atoms with Crippen LogP contribution in [0.3, 0.4) is 0 Å². The maximum atomic E-state index is 12.5. The highest BCUT2D eigenvalue weighted by atomic mass is 35.5. The molecule has 0 aliphatic carbocycles. The summed E-state index contributed by atoms with van der Waals surface area (Å²) in [5.41, 5.74) is 4.47. The van der Waals surface area contributed by atoms with Gasteiger partial charge in [-0.2, -0.15) is 0 Å². The van der Waals surface area contributed by atoms with Crippen LogP contribution in [0.1, 0.15) is 20.8 Å². The fraction of sp³-hybridized carbons (Fsp3) is 0.500. The molecule has 11 nitrogen and oxygen atoms in total. The number of nitrogens with zero attached hydrogens (tertiary/aromatic N) is 3. The molecular formula is C18H23Cl2N5O6. The normalized spacial score (nSPS) is 17.2. The summed E-state index contributed by atoms with van der Waals surface area (Å²) in [5.74, 6) is -1.26. The van der Waals surface area contributed by atoms with Crippen LogP contribution in [-0.4, -0.2) is 70.5 Å². The quantitative estimate of drug-likeness (QED) is 0.489. The predicted octanol–water partition coefficient (Wildman–Crippen LogP) is 2.25. The lowest BCUT2D eigenvalue weighted by atomic mass is 10.1. The van der Waals surface area contributed by atoms with Gasteiger partial charge in [-0.25, -0.2) is 4.79 Å². The third kappa shape index (κ3) is 6.68. The Hall–Kier alpha value is -2.63. The summed E-state index contributed by atoms with van der Waals surface area (Å²) < 4.78 is 5.31. The average Bonchev–Trinajstić information content (AvgIpc) is 2.63. The third-order valence-electron chi connectivity index (χ3n) is 4.32. The van der Waals surface area contributed by atoms with E-state index in [2.05, 4.69) is 5.32 Å². The highest BCUT2D eigenvalue weighted by Crippen LogP contribution is 2.34. The topological polar surface area (TPSA) is 148 Å². The summed E-state index contributed by atoms with van der Waals surface area (Å²) >= 11 is 12.0. The highest BCUT2D eigenvalue weighted by Gasteiger charge is 2.35. The number of carbonyl (C=O) groups excluding carboxylic acids is 3. The molecular weight excluding hydrogens is 453 g/mol. The van der Waals surface area contributed by atoms with E-state index in [0.717, 1.165) is 12.1 Å². The van der Waals surface area contributed by atoms with E-state index < -0.39 is 34.5 Å². The molecule has 1 fully saturated rings. The van der Waals surface area contributed by atoms with Crippen LogP contribution in [0.5, 0.6) is 0 Å². The van der Waals surface area contributed by atoms with Crippen LogP contribution in [0, 0.1) is 10.1 Å². The molecule has 0 unspecified atom stereocenters. The van der Waals surface area contributed by atoms with E-state index in [-0.39, 0.29) is 47.6 Å². The Morgan fingerprint density at radius 3 is 2.32 bits per heavy atom. The largest absolute Gasteiger partial charge is 0.444 e. The summed E-state index contributed by atoms with van der Waals surface area (Å²) in [4.78, 5) is 49.8. The van der Waals surface area contributed by atoms with Gasteiger partial charge in [0.15, 0.2) is 0 Å². The van der Waals surface area contributed by atoms with Gasteiger partial charge in [-0.3, -0.25) is 24.6 Å². The van der Waals surface area contributed by atoms with E-state index in [1.54, 1.807) is 20.8 Å². The Balaban J connectivity index is 2.07. The molecule has 1 saturated heterocycles. The molecule has 1 aliphatic rings. The molecule has 0 bridgehead atoms. The number of rotatable bonds is 5. The Bertz CT molecular complexity index is 881. The van der Waals surface area contributed by atoms with E-state index in [1.807, 2.05) is 0 Å². The molecule has 0 saturated carbocycles. The number of nitrogens with one attached hydrogen (secondary N) is 1. The van der Waals surface area contributed by atoms with E-state index in [0.29, 0.717) is 0 Å². The number of amides is 3. The van der Waals surface area contributed by atoms with Crippen LogP contribution in [0.4, 0.5) is 16.2 Å². The van der Waals surface area contributed by atoms with Crippen LogP contribution in [0.2, 0.25) is 10.0 Å². The fourth-order valence-corrected chi connectivity index (χ4v) is 3.49. The fourth-order valence-electron chi connectivity index (χ4n) is 2.92. The molecule has 31 heavy (non-hydrogen) atoms. The zero-order chi connectivity index (χ0) is 23.5. The zero-order valence-corrected chi connectivity index (χ0v) is 18.7. The highest BCUT2D eigenvalue weighted by molar-refractivity contribution is 6.40. The molecule has 0 radical (unpaired) electrons. The SMILES string of the molecule is CC(C)(C)OC(=O)N1CCN(CC(=O)Nc2c(Cl)cc([N+](=O)[O-])cc2Cl)[C@@H](C(N)=O)C1. The molecule has 3 N–H and O–H groups in total. The Morgan fingerprint density at radius 1 is 1.26 bits per heavy atom. The number of piperazine rings is 1. The first-order valence-corrected chi connectivity index (χ1v) is 9.98. The number of benzene rings is 1. The summed E-state index contributed by atoms with van der Waals surface area (Å²) in [5, 5.41) is 13.2. The first-order valence-electron chi connectivity index (χ1n) is 9.23. The standard InChI is InChI=1S/C18H23Cl2N5O6/c1-18(2,3)31-17(28)24-5-4-23(13(8-24)16(21)27)9-14(26)22-15-11(19)6-10(25(29)30)7-12(15)20/h6-7,13H,4-5,8-9H2,1-3H3,(H2,21,27)(H,22,26)/t13-/m1/s1. The van der Waals surface area contributed by atoms with E-state index in [9.17, 15) is 24.5 Å². The third-order valence-corrected chi connectivity index (χ3v) is 4.92. The second-order valence-electron chi connectivity index (χ2n) is 7.90. The van der Waals surface area contributed by atoms with Crippen molar-refractivity contribution in [1.82, 2.24) is 9.80 Å². The summed E-state index contributed by atoms with van der Waals surface area (Å²) in [6.45, 7) is 5.34. The second kappa shape index (κ2) is 9.67. The molecule has 1 heterocycles. The molecule has 170 valence electrons. The van der Waals surface area contributed by atoms with Crippen molar-refractivity contribution in [2.24, 2.45) is 5.73 Å². The first kappa shape index (κ1) is 24.6. The number of ether oxygens (including phenoxy) is 1. The van der Waals surface area contributed by atoms with Crippen molar-refractivity contribution in [2.45, 2.75) is 32.4 Å². The van der Waals surface area contributed by atoms with Gasteiger partial charge in [0, 0.05) is 31.8 Å². The number of nitro benzene ring substituents is 1.